The lowest BCUT2D eigenvalue weighted by molar-refractivity contribution is -0.205. The second-order valence-electron chi connectivity index (χ2n) is 7.59. The summed E-state index contributed by atoms with van der Waals surface area (Å²) in [6, 6.07) is 12.9. The zero-order valence-corrected chi connectivity index (χ0v) is 16.3. The van der Waals surface area contributed by atoms with E-state index < -0.39 is 23.4 Å². The average molecular weight is 381 g/mol. The number of rotatable bonds is 4. The van der Waals surface area contributed by atoms with E-state index in [1.54, 1.807) is 19.1 Å². The van der Waals surface area contributed by atoms with Gasteiger partial charge in [0.05, 0.1) is 0 Å². The van der Waals surface area contributed by atoms with Crippen LogP contribution in [0.2, 0.25) is 0 Å². The van der Waals surface area contributed by atoms with Crippen molar-refractivity contribution < 1.29 is 23.8 Å². The number of carbonyl (C=O) groups excluding carboxylic acids is 2. The predicted molar refractivity (Wildman–Crippen MR) is 102 cm³/mol. The number of fused-ring (bicyclic) bond motifs is 5. The summed E-state index contributed by atoms with van der Waals surface area (Å²) in [5.74, 6) is -0.815. The summed E-state index contributed by atoms with van der Waals surface area (Å²) in [5.41, 5.74) is 6.73. The predicted octanol–water partition coefficient (Wildman–Crippen LogP) is 3.62. The van der Waals surface area contributed by atoms with Gasteiger partial charge in [0, 0.05) is 23.8 Å². The van der Waals surface area contributed by atoms with Gasteiger partial charge in [0.15, 0.2) is 11.2 Å². The third-order valence-corrected chi connectivity index (χ3v) is 5.94. The molecule has 1 amide bonds. The maximum atomic E-state index is 13.8. The molecule has 4 rings (SSSR count). The maximum Gasteiger partial charge on any atom is 0.404 e. The highest BCUT2D eigenvalue weighted by molar-refractivity contribution is 6.11. The number of nitrogens with two attached hydrogens (primary N) is 1. The van der Waals surface area contributed by atoms with Gasteiger partial charge >= 0.3 is 6.09 Å². The molecule has 2 aliphatic rings. The Labute approximate surface area is 163 Å². The van der Waals surface area contributed by atoms with Crippen LogP contribution in [0.1, 0.15) is 53.7 Å². The molecule has 0 saturated carbocycles. The van der Waals surface area contributed by atoms with Crippen LogP contribution in [0.3, 0.4) is 0 Å². The second-order valence-corrected chi connectivity index (χ2v) is 7.59. The molecule has 0 saturated heterocycles. The van der Waals surface area contributed by atoms with Crippen molar-refractivity contribution in [2.24, 2.45) is 5.73 Å². The maximum absolute atomic E-state index is 13.8. The number of primary amides is 1. The summed E-state index contributed by atoms with van der Waals surface area (Å²) in [5, 5.41) is 0. The van der Waals surface area contributed by atoms with Gasteiger partial charge < -0.3 is 19.9 Å². The molecule has 0 aromatic heterocycles. The topological polar surface area (TPSA) is 87.8 Å². The van der Waals surface area contributed by atoms with Crippen LogP contribution in [-0.2, 0) is 20.7 Å². The number of hydrogen-bond acceptors (Lipinski definition) is 5. The first-order chi connectivity index (χ1) is 13.3. The van der Waals surface area contributed by atoms with Crippen LogP contribution in [0.25, 0.3) is 0 Å². The average Bonchev–Trinajstić information content (AvgIpc) is 3.08. The first kappa shape index (κ1) is 18.5. The summed E-state index contributed by atoms with van der Waals surface area (Å²) < 4.78 is 17.7. The molecule has 2 aromatic rings. The fourth-order valence-corrected chi connectivity index (χ4v) is 4.69. The highest BCUT2D eigenvalue weighted by atomic mass is 16.7. The Balaban J connectivity index is 2.04. The van der Waals surface area contributed by atoms with Crippen LogP contribution in [0.15, 0.2) is 42.5 Å². The molecule has 2 N–H and O–H groups in total. The molecule has 0 bridgehead atoms. The molecular weight excluding hydrogens is 358 g/mol. The van der Waals surface area contributed by atoms with Crippen molar-refractivity contribution in [3.63, 3.8) is 0 Å². The SMILES string of the molecule is COC12Oc3cc(C(C)C)ccc3C1(C(C)OC(N)=O)C(=O)c1ccccc12. The Hall–Kier alpha value is -2.86. The Morgan fingerprint density at radius 1 is 1.11 bits per heavy atom. The van der Waals surface area contributed by atoms with E-state index in [0.717, 1.165) is 5.56 Å². The summed E-state index contributed by atoms with van der Waals surface area (Å²) >= 11 is 0. The highest BCUT2D eigenvalue weighted by Gasteiger charge is 2.74. The number of amides is 1. The largest absolute Gasteiger partial charge is 0.456 e. The molecule has 146 valence electrons. The second kappa shape index (κ2) is 6.07. The van der Waals surface area contributed by atoms with E-state index in [4.69, 9.17) is 19.9 Å². The summed E-state index contributed by atoms with van der Waals surface area (Å²) in [4.78, 5) is 25.4. The van der Waals surface area contributed by atoms with Crippen LogP contribution in [0, 0.1) is 0 Å². The lowest BCUT2D eigenvalue weighted by Gasteiger charge is -2.40. The first-order valence-electron chi connectivity index (χ1n) is 9.28. The van der Waals surface area contributed by atoms with E-state index in [1.165, 1.54) is 7.11 Å². The van der Waals surface area contributed by atoms with Crippen molar-refractivity contribution in [3.8, 4) is 5.75 Å². The fraction of sp³-hybridized carbons (Fsp3) is 0.364. The van der Waals surface area contributed by atoms with E-state index in [2.05, 4.69) is 13.8 Å². The molecule has 0 radical (unpaired) electrons. The molecule has 0 fully saturated rings. The van der Waals surface area contributed by atoms with Gasteiger partial charge in [0.1, 0.15) is 11.9 Å². The van der Waals surface area contributed by atoms with E-state index in [1.807, 2.05) is 30.3 Å². The minimum atomic E-state index is -1.44. The zero-order valence-electron chi connectivity index (χ0n) is 16.3. The quantitative estimate of drug-likeness (QED) is 0.874. The number of methoxy groups -OCH3 is 1. The van der Waals surface area contributed by atoms with Crippen LogP contribution >= 0.6 is 0 Å². The normalized spacial score (nSPS) is 25.7. The van der Waals surface area contributed by atoms with Gasteiger partial charge in [-0.25, -0.2) is 4.79 Å². The number of Topliss-reactive ketones (excluding diaryl/α,β-unsaturated/α-hetero) is 1. The minimum absolute atomic E-state index is 0.213. The molecule has 6 nitrogen and oxygen atoms in total. The van der Waals surface area contributed by atoms with Gasteiger partial charge in [-0.3, -0.25) is 4.79 Å². The van der Waals surface area contributed by atoms with Crippen molar-refractivity contribution in [1.82, 2.24) is 0 Å². The van der Waals surface area contributed by atoms with Crippen molar-refractivity contribution in [2.45, 2.75) is 44.0 Å². The number of carbonyl (C=O) groups is 2. The Morgan fingerprint density at radius 2 is 1.82 bits per heavy atom. The van der Waals surface area contributed by atoms with E-state index in [-0.39, 0.29) is 11.7 Å². The molecular formula is C22H23NO5. The third kappa shape index (κ3) is 2.06. The Kier molecular flexibility index (Phi) is 4.01. The summed E-state index contributed by atoms with van der Waals surface area (Å²) in [7, 11) is 1.50. The minimum Gasteiger partial charge on any atom is -0.456 e. The van der Waals surface area contributed by atoms with E-state index in [9.17, 15) is 9.59 Å². The zero-order chi connectivity index (χ0) is 20.3. The Bertz CT molecular complexity index is 985. The van der Waals surface area contributed by atoms with Crippen molar-refractivity contribution in [3.05, 3.63) is 64.7 Å². The molecule has 1 heterocycles. The number of ketones is 1. The number of benzene rings is 2. The van der Waals surface area contributed by atoms with Crippen LogP contribution < -0.4 is 10.5 Å². The molecule has 6 heteroatoms. The van der Waals surface area contributed by atoms with Crippen molar-refractivity contribution >= 4 is 11.9 Å². The number of hydrogen-bond donors (Lipinski definition) is 1. The van der Waals surface area contributed by atoms with Gasteiger partial charge in [-0.05, 0) is 24.5 Å². The van der Waals surface area contributed by atoms with Crippen molar-refractivity contribution in [1.29, 1.82) is 0 Å². The van der Waals surface area contributed by atoms with Crippen molar-refractivity contribution in [2.75, 3.05) is 7.11 Å². The van der Waals surface area contributed by atoms with Gasteiger partial charge in [-0.1, -0.05) is 50.2 Å². The molecule has 3 atom stereocenters. The van der Waals surface area contributed by atoms with E-state index in [0.29, 0.717) is 22.4 Å². The first-order valence-corrected chi connectivity index (χ1v) is 9.28. The standard InChI is InChI=1S/C22H23NO5/c1-12(2)14-9-10-17-18(11-14)28-22(26-4)16-8-6-5-7-15(16)19(24)21(17,22)13(3)27-20(23)25/h5-13H,1-4H3,(H2,23,25). The molecule has 3 unspecified atom stereocenters. The number of ether oxygens (including phenoxy) is 3. The lowest BCUT2D eigenvalue weighted by atomic mass is 9.70. The third-order valence-electron chi connectivity index (χ3n) is 5.94. The Morgan fingerprint density at radius 3 is 2.46 bits per heavy atom. The van der Waals surface area contributed by atoms with Crippen LogP contribution in [0.5, 0.6) is 5.75 Å². The fourth-order valence-electron chi connectivity index (χ4n) is 4.69. The molecule has 2 aromatic carbocycles. The van der Waals surface area contributed by atoms with Crippen LogP contribution in [-0.4, -0.2) is 25.1 Å². The monoisotopic (exact) mass is 381 g/mol. The lowest BCUT2D eigenvalue weighted by Crippen LogP contribution is -2.57. The van der Waals surface area contributed by atoms with Gasteiger partial charge in [-0.2, -0.15) is 0 Å². The van der Waals surface area contributed by atoms with Gasteiger partial charge in [0.2, 0.25) is 0 Å². The van der Waals surface area contributed by atoms with E-state index >= 15 is 0 Å². The summed E-state index contributed by atoms with van der Waals surface area (Å²) in [6.07, 6.45) is -1.86. The smallest absolute Gasteiger partial charge is 0.404 e. The van der Waals surface area contributed by atoms with Crippen LogP contribution in [0.4, 0.5) is 4.79 Å². The molecule has 1 aliphatic carbocycles. The molecule has 0 spiro atoms. The molecule has 28 heavy (non-hydrogen) atoms. The molecule has 1 aliphatic heterocycles. The summed E-state index contributed by atoms with van der Waals surface area (Å²) in [6.45, 7) is 5.81. The van der Waals surface area contributed by atoms with Gasteiger partial charge in [0.25, 0.3) is 5.79 Å². The van der Waals surface area contributed by atoms with Gasteiger partial charge in [-0.15, -0.1) is 0 Å². The highest BCUT2D eigenvalue weighted by Crippen LogP contribution is 2.63.